The van der Waals surface area contributed by atoms with E-state index >= 15 is 0 Å². The van der Waals surface area contributed by atoms with Crippen molar-refractivity contribution in [3.8, 4) is 5.75 Å². The van der Waals surface area contributed by atoms with Gasteiger partial charge in [-0.05, 0) is 31.5 Å². The Labute approximate surface area is 115 Å². The van der Waals surface area contributed by atoms with Crippen molar-refractivity contribution >= 4 is 15.9 Å². The Morgan fingerprint density at radius 3 is 2.28 bits per heavy atom. The summed E-state index contributed by atoms with van der Waals surface area (Å²) < 4.78 is 19.4. The Bertz CT molecular complexity index is 474. The Hall–Kier alpha value is -1.35. The summed E-state index contributed by atoms with van der Waals surface area (Å²) in [5, 5.41) is 0. The number of halogens is 2. The highest BCUT2D eigenvalue weighted by Gasteiger charge is 2.01. The van der Waals surface area contributed by atoms with Gasteiger partial charge >= 0.3 is 0 Å². The lowest BCUT2D eigenvalue weighted by Crippen LogP contribution is -1.97. The van der Waals surface area contributed by atoms with Gasteiger partial charge in [0.2, 0.25) is 0 Å². The number of ether oxygens (including phenoxy) is 1. The summed E-state index contributed by atoms with van der Waals surface area (Å²) in [4.78, 5) is 0. The van der Waals surface area contributed by atoms with Crippen LogP contribution in [0.2, 0.25) is 0 Å². The molecule has 0 fully saturated rings. The second-order valence-corrected chi connectivity index (χ2v) is 5.31. The van der Waals surface area contributed by atoms with E-state index in [0.29, 0.717) is 16.8 Å². The molecule has 0 atom stereocenters. The highest BCUT2D eigenvalue weighted by molar-refractivity contribution is 9.10. The second kappa shape index (κ2) is 5.53. The predicted octanol–water partition coefficient (Wildman–Crippen LogP) is 4.78. The fourth-order valence-corrected chi connectivity index (χ4v) is 2.38. The molecule has 0 radical (unpaired) electrons. The first-order valence-corrected chi connectivity index (χ1v) is 6.48. The molecule has 2 aromatic rings. The SMILES string of the molecule is Cc1cc(C)cc(COc2cc(F)cc(Br)c2)c1. The molecule has 0 unspecified atom stereocenters. The van der Waals surface area contributed by atoms with Crippen LogP contribution in [0, 0.1) is 19.7 Å². The van der Waals surface area contributed by atoms with Gasteiger partial charge in [0.05, 0.1) is 0 Å². The van der Waals surface area contributed by atoms with Gasteiger partial charge < -0.3 is 4.74 Å². The fraction of sp³-hybridized carbons (Fsp3) is 0.200. The van der Waals surface area contributed by atoms with Gasteiger partial charge in [0.1, 0.15) is 18.2 Å². The van der Waals surface area contributed by atoms with Crippen LogP contribution in [0.4, 0.5) is 4.39 Å². The molecule has 0 saturated heterocycles. The molecule has 0 spiro atoms. The van der Waals surface area contributed by atoms with Crippen molar-refractivity contribution in [1.82, 2.24) is 0 Å². The monoisotopic (exact) mass is 308 g/mol. The third-order valence-electron chi connectivity index (χ3n) is 2.52. The molecule has 2 aromatic carbocycles. The van der Waals surface area contributed by atoms with Gasteiger partial charge in [-0.15, -0.1) is 0 Å². The molecule has 0 aliphatic carbocycles. The van der Waals surface area contributed by atoms with E-state index in [-0.39, 0.29) is 5.82 Å². The Balaban J connectivity index is 2.11. The number of rotatable bonds is 3. The summed E-state index contributed by atoms with van der Waals surface area (Å²) in [5.74, 6) is 0.223. The third-order valence-corrected chi connectivity index (χ3v) is 2.98. The standard InChI is InChI=1S/C15H14BrFO/c1-10-3-11(2)5-12(4-10)9-18-15-7-13(16)6-14(17)8-15/h3-8H,9H2,1-2H3. The molecule has 0 aromatic heterocycles. The minimum absolute atomic E-state index is 0.306. The Morgan fingerprint density at radius 2 is 1.67 bits per heavy atom. The lowest BCUT2D eigenvalue weighted by Gasteiger charge is -2.08. The van der Waals surface area contributed by atoms with E-state index in [1.165, 1.54) is 23.3 Å². The van der Waals surface area contributed by atoms with Gasteiger partial charge in [0.25, 0.3) is 0 Å². The number of benzene rings is 2. The molecule has 94 valence electrons. The first-order chi connectivity index (χ1) is 8.52. The lowest BCUT2D eigenvalue weighted by atomic mass is 10.1. The molecule has 0 saturated carbocycles. The van der Waals surface area contributed by atoms with E-state index < -0.39 is 0 Å². The third kappa shape index (κ3) is 3.57. The largest absolute Gasteiger partial charge is 0.489 e. The lowest BCUT2D eigenvalue weighted by molar-refractivity contribution is 0.304. The summed E-state index contributed by atoms with van der Waals surface area (Å²) in [7, 11) is 0. The minimum Gasteiger partial charge on any atom is -0.489 e. The van der Waals surface area contributed by atoms with Crippen LogP contribution in [0.3, 0.4) is 0 Å². The highest BCUT2D eigenvalue weighted by Crippen LogP contribution is 2.21. The minimum atomic E-state index is -0.306. The van der Waals surface area contributed by atoms with Gasteiger partial charge in [0.15, 0.2) is 0 Å². The number of aryl methyl sites for hydroxylation is 2. The van der Waals surface area contributed by atoms with Crippen LogP contribution in [0.25, 0.3) is 0 Å². The van der Waals surface area contributed by atoms with E-state index in [2.05, 4.69) is 48.0 Å². The summed E-state index contributed by atoms with van der Waals surface area (Å²) in [6.45, 7) is 4.54. The average Bonchev–Trinajstić information content (AvgIpc) is 2.23. The van der Waals surface area contributed by atoms with E-state index in [1.54, 1.807) is 6.07 Å². The van der Waals surface area contributed by atoms with Gasteiger partial charge in [-0.2, -0.15) is 0 Å². The molecule has 0 aliphatic heterocycles. The van der Waals surface area contributed by atoms with Crippen LogP contribution in [-0.2, 0) is 6.61 Å². The predicted molar refractivity (Wildman–Crippen MR) is 74.3 cm³/mol. The summed E-state index contributed by atoms with van der Waals surface area (Å²) in [5.41, 5.74) is 3.50. The van der Waals surface area contributed by atoms with E-state index in [4.69, 9.17) is 4.74 Å². The van der Waals surface area contributed by atoms with Crippen LogP contribution < -0.4 is 4.74 Å². The average molecular weight is 309 g/mol. The van der Waals surface area contributed by atoms with Gasteiger partial charge in [0, 0.05) is 10.5 Å². The van der Waals surface area contributed by atoms with Crippen LogP contribution in [0.5, 0.6) is 5.75 Å². The maximum absolute atomic E-state index is 13.2. The zero-order valence-electron chi connectivity index (χ0n) is 10.3. The van der Waals surface area contributed by atoms with Gasteiger partial charge in [-0.3, -0.25) is 0 Å². The Kier molecular flexibility index (Phi) is 4.02. The fourth-order valence-electron chi connectivity index (χ4n) is 1.93. The van der Waals surface area contributed by atoms with Crippen LogP contribution in [0.15, 0.2) is 40.9 Å². The van der Waals surface area contributed by atoms with Crippen LogP contribution in [0.1, 0.15) is 16.7 Å². The topological polar surface area (TPSA) is 9.23 Å². The molecule has 18 heavy (non-hydrogen) atoms. The van der Waals surface area contributed by atoms with Crippen LogP contribution in [-0.4, -0.2) is 0 Å². The van der Waals surface area contributed by atoms with Crippen molar-refractivity contribution < 1.29 is 9.13 Å². The zero-order valence-corrected chi connectivity index (χ0v) is 11.9. The van der Waals surface area contributed by atoms with Crippen molar-refractivity contribution in [3.63, 3.8) is 0 Å². The van der Waals surface area contributed by atoms with Crippen molar-refractivity contribution in [2.24, 2.45) is 0 Å². The summed E-state index contributed by atoms with van der Waals surface area (Å²) >= 11 is 3.24. The molecular formula is C15H14BrFO. The molecular weight excluding hydrogens is 295 g/mol. The second-order valence-electron chi connectivity index (χ2n) is 4.39. The number of hydrogen-bond acceptors (Lipinski definition) is 1. The van der Waals surface area contributed by atoms with Gasteiger partial charge in [-0.25, -0.2) is 4.39 Å². The first kappa shape index (κ1) is 13.1. The smallest absolute Gasteiger partial charge is 0.128 e. The summed E-state index contributed by atoms with van der Waals surface area (Å²) in [6.07, 6.45) is 0. The molecule has 3 heteroatoms. The number of hydrogen-bond donors (Lipinski definition) is 0. The van der Waals surface area contributed by atoms with E-state index in [1.807, 2.05) is 0 Å². The van der Waals surface area contributed by atoms with Crippen molar-refractivity contribution in [3.05, 3.63) is 63.4 Å². The van der Waals surface area contributed by atoms with Gasteiger partial charge in [-0.1, -0.05) is 45.3 Å². The molecule has 0 amide bonds. The maximum Gasteiger partial charge on any atom is 0.128 e. The molecule has 0 heterocycles. The molecule has 0 N–H and O–H groups in total. The Morgan fingerprint density at radius 1 is 1.00 bits per heavy atom. The zero-order chi connectivity index (χ0) is 13.1. The molecule has 1 nitrogen and oxygen atoms in total. The van der Waals surface area contributed by atoms with Crippen molar-refractivity contribution in [2.45, 2.75) is 20.5 Å². The van der Waals surface area contributed by atoms with Crippen molar-refractivity contribution in [2.75, 3.05) is 0 Å². The highest BCUT2D eigenvalue weighted by atomic mass is 79.9. The van der Waals surface area contributed by atoms with Crippen LogP contribution >= 0.6 is 15.9 Å². The normalized spacial score (nSPS) is 10.4. The van der Waals surface area contributed by atoms with Crippen molar-refractivity contribution in [1.29, 1.82) is 0 Å². The quantitative estimate of drug-likeness (QED) is 0.792. The first-order valence-electron chi connectivity index (χ1n) is 5.69. The molecule has 0 aliphatic rings. The summed E-state index contributed by atoms with van der Waals surface area (Å²) in [6, 6.07) is 10.8. The maximum atomic E-state index is 13.2. The molecule has 0 bridgehead atoms. The molecule has 2 rings (SSSR count). The van der Waals surface area contributed by atoms with E-state index in [0.717, 1.165) is 5.56 Å². The van der Waals surface area contributed by atoms with E-state index in [9.17, 15) is 4.39 Å².